The Labute approximate surface area is 192 Å². The van der Waals surface area contributed by atoms with Gasteiger partial charge < -0.3 is 4.98 Å². The maximum Gasteiger partial charge on any atom is 0.425 e. The molecule has 0 spiro atoms. The molecule has 1 aliphatic heterocycles. The lowest BCUT2D eigenvalue weighted by Gasteiger charge is -2.30. The third-order valence-corrected chi connectivity index (χ3v) is 6.06. The summed E-state index contributed by atoms with van der Waals surface area (Å²) in [4.78, 5) is 23.2. The number of carbonyl (C=O) groups excluding carboxylic acids is 1. The topological polar surface area (TPSA) is 72.8 Å². The second kappa shape index (κ2) is 9.28. The first-order valence-corrected chi connectivity index (χ1v) is 10.7. The summed E-state index contributed by atoms with van der Waals surface area (Å²) in [6.07, 6.45) is 3.94. The normalized spacial score (nSPS) is 20.0. The Balaban J connectivity index is 1.78. The third-order valence-electron chi connectivity index (χ3n) is 5.82. The molecule has 1 aliphatic rings. The van der Waals surface area contributed by atoms with Crippen LogP contribution in [0.2, 0.25) is 5.02 Å². The second-order valence-electron chi connectivity index (χ2n) is 7.87. The zero-order chi connectivity index (χ0) is 22.6. The highest BCUT2D eigenvalue weighted by atomic mass is 35.5. The van der Waals surface area contributed by atoms with Crippen molar-refractivity contribution in [2.75, 3.05) is 6.54 Å². The first-order chi connectivity index (χ1) is 15.6. The number of rotatable bonds is 6. The molecule has 2 aromatic carbocycles. The van der Waals surface area contributed by atoms with Crippen molar-refractivity contribution in [3.05, 3.63) is 82.9 Å². The summed E-state index contributed by atoms with van der Waals surface area (Å²) in [5.41, 5.74) is 3.28. The predicted molar refractivity (Wildman–Crippen MR) is 124 cm³/mol. The van der Waals surface area contributed by atoms with Crippen molar-refractivity contribution in [3.8, 4) is 17.9 Å². The number of amides is 2. The minimum absolute atomic E-state index is 0.00544. The number of aromatic nitrogens is 2. The molecule has 4 rings (SSSR count). The molecule has 1 fully saturated rings. The van der Waals surface area contributed by atoms with Crippen LogP contribution in [0.25, 0.3) is 0 Å². The third kappa shape index (κ3) is 4.24. The number of nitriles is 1. The smallest absolute Gasteiger partial charge is 0.347 e. The van der Waals surface area contributed by atoms with Gasteiger partial charge in [0, 0.05) is 29.3 Å². The molecular weight excluding hydrogens is 422 g/mol. The molecule has 7 heteroatoms. The van der Waals surface area contributed by atoms with Crippen LogP contribution in [0, 0.1) is 23.2 Å². The molecule has 1 N–H and O–H groups in total. The van der Waals surface area contributed by atoms with Crippen LogP contribution in [0.3, 0.4) is 0 Å². The molecule has 2 atom stereocenters. The zero-order valence-electron chi connectivity index (χ0n) is 17.8. The van der Waals surface area contributed by atoms with E-state index in [-0.39, 0.29) is 16.6 Å². The van der Waals surface area contributed by atoms with Gasteiger partial charge in [0.25, 0.3) is 0 Å². The molecule has 2 unspecified atom stereocenters. The van der Waals surface area contributed by atoms with Crippen molar-refractivity contribution >= 4 is 23.3 Å². The Hall–Kier alpha value is -3.58. The number of hydrogen-bond donors (Lipinski definition) is 1. The molecule has 0 radical (unpaired) electrons. The van der Waals surface area contributed by atoms with E-state index in [2.05, 4.69) is 27.9 Å². The standard InChI is InChI=1S/C25H23ClN5O/c1-2-3-6-23-17-31(24-7-4-5-21(26)12-24,16-20-10-8-19(13-27)9-11-20)25(32)30(23)15-22-14-28-18-29-22/h4-5,7-12,14,18,23H,6,15-17H2,1H3,(H,28,29)/q+1. The minimum Gasteiger partial charge on any atom is -0.347 e. The van der Waals surface area contributed by atoms with E-state index in [0.717, 1.165) is 16.9 Å². The van der Waals surface area contributed by atoms with E-state index < -0.39 is 0 Å². The maximum atomic E-state index is 14.1. The Bertz CT molecular complexity index is 1200. The van der Waals surface area contributed by atoms with Gasteiger partial charge in [-0.1, -0.05) is 29.8 Å². The number of hydrogen-bond acceptors (Lipinski definition) is 3. The van der Waals surface area contributed by atoms with E-state index >= 15 is 0 Å². The average molecular weight is 445 g/mol. The van der Waals surface area contributed by atoms with Crippen LogP contribution in [0.5, 0.6) is 0 Å². The molecule has 1 aromatic heterocycles. The van der Waals surface area contributed by atoms with Crippen molar-refractivity contribution < 1.29 is 4.79 Å². The van der Waals surface area contributed by atoms with Gasteiger partial charge in [-0.15, -0.1) is 11.8 Å². The molecule has 2 amide bonds. The molecule has 0 aliphatic carbocycles. The van der Waals surface area contributed by atoms with Crippen molar-refractivity contribution in [1.82, 2.24) is 19.4 Å². The summed E-state index contributed by atoms with van der Waals surface area (Å²) in [6, 6.07) is 17.0. The summed E-state index contributed by atoms with van der Waals surface area (Å²) in [7, 11) is 0. The van der Waals surface area contributed by atoms with Crippen LogP contribution >= 0.6 is 11.6 Å². The summed E-state index contributed by atoms with van der Waals surface area (Å²) in [5, 5.41) is 9.73. The van der Waals surface area contributed by atoms with E-state index in [9.17, 15) is 4.79 Å². The fourth-order valence-electron chi connectivity index (χ4n) is 4.26. The number of nitrogens with zero attached hydrogens (tertiary/aromatic N) is 4. The highest BCUT2D eigenvalue weighted by molar-refractivity contribution is 6.30. The van der Waals surface area contributed by atoms with Crippen molar-refractivity contribution in [1.29, 1.82) is 5.26 Å². The van der Waals surface area contributed by atoms with Gasteiger partial charge in [-0.3, -0.25) is 4.90 Å². The van der Waals surface area contributed by atoms with E-state index in [0.29, 0.717) is 36.6 Å². The van der Waals surface area contributed by atoms with Gasteiger partial charge in [0.2, 0.25) is 0 Å². The Morgan fingerprint density at radius 3 is 2.75 bits per heavy atom. The summed E-state index contributed by atoms with van der Waals surface area (Å²) >= 11 is 6.34. The van der Waals surface area contributed by atoms with Crippen molar-refractivity contribution in [3.63, 3.8) is 0 Å². The number of halogens is 1. The Morgan fingerprint density at radius 2 is 2.09 bits per heavy atom. The van der Waals surface area contributed by atoms with E-state index in [1.165, 1.54) is 0 Å². The highest BCUT2D eigenvalue weighted by Crippen LogP contribution is 2.37. The van der Waals surface area contributed by atoms with Gasteiger partial charge in [-0.2, -0.15) is 5.26 Å². The molecular formula is C25H23ClN5O+. The maximum absolute atomic E-state index is 14.1. The number of H-pyrrole nitrogens is 1. The molecule has 3 aromatic rings. The van der Waals surface area contributed by atoms with Gasteiger partial charge in [-0.05, 0) is 31.2 Å². The predicted octanol–water partition coefficient (Wildman–Crippen LogP) is 4.86. The van der Waals surface area contributed by atoms with Crippen molar-refractivity contribution in [2.24, 2.45) is 0 Å². The number of aromatic amines is 1. The number of urea groups is 1. The fourth-order valence-corrected chi connectivity index (χ4v) is 4.45. The van der Waals surface area contributed by atoms with Crippen LogP contribution in [-0.2, 0) is 13.1 Å². The van der Waals surface area contributed by atoms with Crippen LogP contribution in [0.4, 0.5) is 10.5 Å². The van der Waals surface area contributed by atoms with Gasteiger partial charge in [0.1, 0.15) is 18.8 Å². The summed E-state index contributed by atoms with van der Waals surface area (Å²) in [6.45, 7) is 3.27. The SMILES string of the molecule is CC#CCC1C[N+](Cc2ccc(C#N)cc2)(c2cccc(Cl)c2)C(=O)N1Cc1cnc[nH]1. The quantitative estimate of drug-likeness (QED) is 0.436. The van der Waals surface area contributed by atoms with Crippen LogP contribution < -0.4 is 4.48 Å². The number of benzene rings is 2. The van der Waals surface area contributed by atoms with Crippen LogP contribution in [0.1, 0.15) is 30.2 Å². The number of quaternary nitrogens is 1. The summed E-state index contributed by atoms with van der Waals surface area (Å²) < 4.78 is 0.108. The zero-order valence-corrected chi connectivity index (χ0v) is 18.5. The largest absolute Gasteiger partial charge is 0.425 e. The molecule has 32 heavy (non-hydrogen) atoms. The number of imidazole rings is 1. The van der Waals surface area contributed by atoms with Gasteiger partial charge in [0.15, 0.2) is 0 Å². The minimum atomic E-state index is -0.0596. The first-order valence-electron chi connectivity index (χ1n) is 10.4. The molecule has 6 nitrogen and oxygen atoms in total. The monoisotopic (exact) mass is 444 g/mol. The Morgan fingerprint density at radius 1 is 1.28 bits per heavy atom. The lowest BCUT2D eigenvalue weighted by atomic mass is 10.1. The van der Waals surface area contributed by atoms with Gasteiger partial charge >= 0.3 is 6.03 Å². The van der Waals surface area contributed by atoms with Crippen molar-refractivity contribution in [2.45, 2.75) is 32.5 Å². The number of carbonyl (C=O) groups is 1. The van der Waals surface area contributed by atoms with Gasteiger partial charge in [0.05, 0.1) is 36.2 Å². The second-order valence-corrected chi connectivity index (χ2v) is 8.31. The number of nitrogens with one attached hydrogen (secondary N) is 1. The fraction of sp³-hybridized carbons (Fsp3) is 0.240. The van der Waals surface area contributed by atoms with E-state index in [4.69, 9.17) is 16.9 Å². The summed E-state index contributed by atoms with van der Waals surface area (Å²) in [5.74, 6) is 6.12. The lowest BCUT2D eigenvalue weighted by molar-refractivity contribution is 0.182. The van der Waals surface area contributed by atoms with E-state index in [1.54, 1.807) is 24.7 Å². The first kappa shape index (κ1) is 21.6. The van der Waals surface area contributed by atoms with E-state index in [1.807, 2.05) is 48.2 Å². The molecule has 2 heterocycles. The lowest BCUT2D eigenvalue weighted by Crippen LogP contribution is -2.51. The van der Waals surface area contributed by atoms with Crippen LogP contribution in [-0.4, -0.2) is 33.5 Å². The molecule has 160 valence electrons. The molecule has 1 saturated heterocycles. The molecule has 0 saturated carbocycles. The van der Waals surface area contributed by atoms with Crippen LogP contribution in [0.15, 0.2) is 61.1 Å². The average Bonchev–Trinajstić information content (AvgIpc) is 3.41. The van der Waals surface area contributed by atoms with Gasteiger partial charge in [-0.25, -0.2) is 14.3 Å². The molecule has 0 bridgehead atoms. The Kier molecular flexibility index (Phi) is 6.28. The highest BCUT2D eigenvalue weighted by Gasteiger charge is 2.53.